The molecule has 1 aliphatic carbocycles. The van der Waals surface area contributed by atoms with Crippen LogP contribution in [0.15, 0.2) is 48.5 Å². The number of fused-ring (bicyclic) bond motifs is 3. The van der Waals surface area contributed by atoms with Crippen LogP contribution in [0.2, 0.25) is 0 Å². The molecule has 2 aromatic carbocycles. The van der Waals surface area contributed by atoms with Crippen LogP contribution in [-0.4, -0.2) is 54.0 Å². The van der Waals surface area contributed by atoms with E-state index in [0.29, 0.717) is 0 Å². The highest BCUT2D eigenvalue weighted by atomic mass is 16.5. The first-order valence-corrected chi connectivity index (χ1v) is 11.0. The maximum Gasteiger partial charge on any atom is 0.407 e. The molecule has 33 heavy (non-hydrogen) atoms. The van der Waals surface area contributed by atoms with Gasteiger partial charge < -0.3 is 25.2 Å². The first kappa shape index (κ1) is 22.8. The SMILES string of the molecule is CC(C)(CC(=O)NC1(C(=O)O)CCOC1)NC(=O)OCC1c2ccccc2-c2ccccc21. The summed E-state index contributed by atoms with van der Waals surface area (Å²) < 4.78 is 10.7. The van der Waals surface area contributed by atoms with Gasteiger partial charge in [0.15, 0.2) is 5.54 Å². The van der Waals surface area contributed by atoms with Crippen LogP contribution in [0.1, 0.15) is 43.7 Å². The fourth-order valence-corrected chi connectivity index (χ4v) is 4.55. The van der Waals surface area contributed by atoms with Crippen molar-refractivity contribution in [3.05, 3.63) is 59.7 Å². The number of amides is 2. The molecule has 8 heteroatoms. The Labute approximate surface area is 192 Å². The molecule has 2 aromatic rings. The Balaban J connectivity index is 1.35. The van der Waals surface area contributed by atoms with Gasteiger partial charge in [-0.05, 0) is 36.1 Å². The number of hydrogen-bond acceptors (Lipinski definition) is 5. The van der Waals surface area contributed by atoms with Gasteiger partial charge >= 0.3 is 12.1 Å². The van der Waals surface area contributed by atoms with Gasteiger partial charge in [0.25, 0.3) is 0 Å². The molecule has 1 aliphatic heterocycles. The predicted molar refractivity (Wildman–Crippen MR) is 121 cm³/mol. The molecule has 0 radical (unpaired) electrons. The van der Waals surface area contributed by atoms with E-state index in [4.69, 9.17) is 9.47 Å². The number of ether oxygens (including phenoxy) is 2. The Morgan fingerprint density at radius 3 is 2.24 bits per heavy atom. The molecule has 1 saturated heterocycles. The van der Waals surface area contributed by atoms with Crippen LogP contribution in [0.25, 0.3) is 11.1 Å². The molecule has 0 aromatic heterocycles. The van der Waals surface area contributed by atoms with Crippen LogP contribution in [0.4, 0.5) is 4.79 Å². The highest BCUT2D eigenvalue weighted by molar-refractivity contribution is 5.88. The molecule has 174 valence electrons. The van der Waals surface area contributed by atoms with Crippen LogP contribution in [0.5, 0.6) is 0 Å². The number of nitrogens with one attached hydrogen (secondary N) is 2. The normalized spacial score (nSPS) is 19.5. The van der Waals surface area contributed by atoms with Crippen molar-refractivity contribution in [3.63, 3.8) is 0 Å². The van der Waals surface area contributed by atoms with Crippen molar-refractivity contribution in [1.29, 1.82) is 0 Å². The number of carboxylic acid groups (broad SMARTS) is 1. The zero-order valence-corrected chi connectivity index (χ0v) is 18.7. The van der Waals surface area contributed by atoms with Crippen LogP contribution in [-0.2, 0) is 19.1 Å². The van der Waals surface area contributed by atoms with Crippen LogP contribution >= 0.6 is 0 Å². The second-order valence-electron chi connectivity index (χ2n) is 9.25. The molecule has 0 spiro atoms. The Morgan fingerprint density at radius 1 is 1.09 bits per heavy atom. The highest BCUT2D eigenvalue weighted by Crippen LogP contribution is 2.44. The van der Waals surface area contributed by atoms with Crippen molar-refractivity contribution < 1.29 is 29.0 Å². The molecule has 0 bridgehead atoms. The minimum Gasteiger partial charge on any atom is -0.479 e. The molecule has 4 rings (SSSR count). The largest absolute Gasteiger partial charge is 0.479 e. The van der Waals surface area contributed by atoms with E-state index in [0.717, 1.165) is 22.3 Å². The number of aliphatic carboxylic acids is 1. The minimum absolute atomic E-state index is 0.0626. The molecule has 0 saturated carbocycles. The smallest absolute Gasteiger partial charge is 0.407 e. The summed E-state index contributed by atoms with van der Waals surface area (Å²) in [4.78, 5) is 36.7. The van der Waals surface area contributed by atoms with Crippen LogP contribution in [0, 0.1) is 0 Å². The fourth-order valence-electron chi connectivity index (χ4n) is 4.55. The van der Waals surface area contributed by atoms with Crippen molar-refractivity contribution in [2.45, 2.75) is 43.7 Å². The van der Waals surface area contributed by atoms with E-state index in [1.807, 2.05) is 36.4 Å². The fraction of sp³-hybridized carbons (Fsp3) is 0.400. The quantitative estimate of drug-likeness (QED) is 0.595. The van der Waals surface area contributed by atoms with Crippen molar-refractivity contribution in [3.8, 4) is 11.1 Å². The van der Waals surface area contributed by atoms with Gasteiger partial charge in [0.2, 0.25) is 5.91 Å². The summed E-state index contributed by atoms with van der Waals surface area (Å²) in [7, 11) is 0. The summed E-state index contributed by atoms with van der Waals surface area (Å²) in [5.74, 6) is -1.67. The first-order valence-electron chi connectivity index (χ1n) is 11.0. The number of benzene rings is 2. The maximum absolute atomic E-state index is 12.6. The summed E-state index contributed by atoms with van der Waals surface area (Å²) >= 11 is 0. The number of carbonyl (C=O) groups is 3. The van der Waals surface area contributed by atoms with Crippen LogP contribution in [0.3, 0.4) is 0 Å². The van der Waals surface area contributed by atoms with Crippen LogP contribution < -0.4 is 10.6 Å². The van der Waals surface area contributed by atoms with E-state index in [1.165, 1.54) is 0 Å². The lowest BCUT2D eigenvalue weighted by molar-refractivity contribution is -0.147. The summed E-state index contributed by atoms with van der Waals surface area (Å²) in [5, 5.41) is 14.8. The topological polar surface area (TPSA) is 114 Å². The molecular formula is C25H28N2O6. The van der Waals surface area contributed by atoms with Crippen molar-refractivity contribution in [2.24, 2.45) is 0 Å². The third kappa shape index (κ3) is 4.71. The summed E-state index contributed by atoms with van der Waals surface area (Å²) in [6, 6.07) is 16.1. The highest BCUT2D eigenvalue weighted by Gasteiger charge is 2.44. The molecule has 1 heterocycles. The van der Waals surface area contributed by atoms with Gasteiger partial charge in [-0.2, -0.15) is 0 Å². The van der Waals surface area contributed by atoms with E-state index in [1.54, 1.807) is 13.8 Å². The molecule has 3 N–H and O–H groups in total. The second kappa shape index (κ2) is 8.86. The average Bonchev–Trinajstić information content (AvgIpc) is 3.35. The van der Waals surface area contributed by atoms with Gasteiger partial charge in [-0.25, -0.2) is 9.59 Å². The summed E-state index contributed by atoms with van der Waals surface area (Å²) in [6.45, 7) is 3.74. The number of alkyl carbamates (subject to hydrolysis) is 1. The van der Waals surface area contributed by atoms with Crippen molar-refractivity contribution in [2.75, 3.05) is 19.8 Å². The molecule has 1 atom stereocenters. The lowest BCUT2D eigenvalue weighted by Crippen LogP contribution is -2.57. The van der Waals surface area contributed by atoms with E-state index in [9.17, 15) is 19.5 Å². The molecule has 1 fully saturated rings. The van der Waals surface area contributed by atoms with E-state index in [-0.39, 0.29) is 38.6 Å². The van der Waals surface area contributed by atoms with Gasteiger partial charge in [0, 0.05) is 30.9 Å². The van der Waals surface area contributed by atoms with Gasteiger partial charge in [0.05, 0.1) is 6.61 Å². The monoisotopic (exact) mass is 452 g/mol. The number of carbonyl (C=O) groups excluding carboxylic acids is 2. The zero-order valence-electron chi connectivity index (χ0n) is 18.7. The standard InChI is InChI=1S/C25H28N2O6/c1-24(2,13-21(28)26-25(22(29)30)11-12-32-15-25)27-23(31)33-14-20-18-9-5-3-7-16(18)17-8-4-6-10-19(17)20/h3-10,20H,11-15H2,1-2H3,(H,26,28)(H,27,31)(H,29,30). The number of carboxylic acids is 1. The Bertz CT molecular complexity index is 1030. The molecule has 2 aliphatic rings. The molecule has 2 amide bonds. The zero-order chi connectivity index (χ0) is 23.6. The van der Waals surface area contributed by atoms with Gasteiger partial charge in [0.1, 0.15) is 6.61 Å². The Hall–Kier alpha value is -3.39. The molecular weight excluding hydrogens is 424 g/mol. The van der Waals surface area contributed by atoms with E-state index < -0.39 is 29.0 Å². The van der Waals surface area contributed by atoms with Gasteiger partial charge in [-0.15, -0.1) is 0 Å². The third-order valence-electron chi connectivity index (χ3n) is 6.20. The second-order valence-corrected chi connectivity index (χ2v) is 9.25. The van der Waals surface area contributed by atoms with Gasteiger partial charge in [-0.1, -0.05) is 48.5 Å². The van der Waals surface area contributed by atoms with E-state index in [2.05, 4.69) is 22.8 Å². The number of rotatable bonds is 7. The minimum atomic E-state index is -1.42. The average molecular weight is 453 g/mol. The number of hydrogen-bond donors (Lipinski definition) is 3. The van der Waals surface area contributed by atoms with Crippen molar-refractivity contribution >= 4 is 18.0 Å². The van der Waals surface area contributed by atoms with Gasteiger partial charge in [-0.3, -0.25) is 4.79 Å². The maximum atomic E-state index is 12.6. The predicted octanol–water partition coefficient (Wildman–Crippen LogP) is 3.05. The lowest BCUT2D eigenvalue weighted by atomic mass is 9.96. The summed E-state index contributed by atoms with van der Waals surface area (Å²) in [5.41, 5.74) is 2.15. The van der Waals surface area contributed by atoms with E-state index >= 15 is 0 Å². The lowest BCUT2D eigenvalue weighted by Gasteiger charge is -2.29. The Morgan fingerprint density at radius 2 is 1.70 bits per heavy atom. The molecule has 1 unspecified atom stereocenters. The molecule has 8 nitrogen and oxygen atoms in total. The first-order chi connectivity index (χ1) is 15.7. The summed E-state index contributed by atoms with van der Waals surface area (Å²) in [6.07, 6.45) is -0.535. The third-order valence-corrected chi connectivity index (χ3v) is 6.20. The van der Waals surface area contributed by atoms with Crippen molar-refractivity contribution in [1.82, 2.24) is 10.6 Å². The Kier molecular flexibility index (Phi) is 6.12.